The first-order chi connectivity index (χ1) is 9.25. The minimum atomic E-state index is -0.668. The van der Waals surface area contributed by atoms with E-state index in [-0.39, 0.29) is 6.04 Å². The summed E-state index contributed by atoms with van der Waals surface area (Å²) >= 11 is 0. The second-order valence-electron chi connectivity index (χ2n) is 5.66. The van der Waals surface area contributed by atoms with Crippen LogP contribution >= 0.6 is 0 Å². The fraction of sp³-hybridized carbons (Fsp3) is 0.812. The highest BCUT2D eigenvalue weighted by Crippen LogP contribution is 2.26. The molecule has 2 N–H and O–H groups in total. The topological polar surface area (TPSA) is 49.3 Å². The molecule has 0 heterocycles. The number of hydrogen-bond acceptors (Lipinski definition) is 2. The van der Waals surface area contributed by atoms with E-state index in [9.17, 15) is 9.90 Å². The zero-order chi connectivity index (χ0) is 13.9. The van der Waals surface area contributed by atoms with Crippen molar-refractivity contribution in [1.29, 1.82) is 0 Å². The molecule has 0 aromatic heterocycles. The fourth-order valence-electron chi connectivity index (χ4n) is 2.95. The number of unbranched alkanes of at least 4 members (excludes halogenated alkanes) is 4. The molecule has 0 radical (unpaired) electrons. The average molecular weight is 267 g/mol. The van der Waals surface area contributed by atoms with E-state index in [0.717, 1.165) is 32.2 Å². The molecule has 1 saturated carbocycles. The maximum Gasteiger partial charge on any atom is 0.320 e. The number of carbonyl (C=O) groups is 1. The zero-order valence-corrected chi connectivity index (χ0v) is 12.1. The lowest BCUT2D eigenvalue weighted by molar-refractivity contribution is -0.141. The summed E-state index contributed by atoms with van der Waals surface area (Å²) in [4.78, 5) is 11.3. The van der Waals surface area contributed by atoms with Gasteiger partial charge in [0.15, 0.2) is 0 Å². The SMILES string of the molecule is C=CCCCCCCN[C@H](C(=O)O)C1CCCCC1. The van der Waals surface area contributed by atoms with Crippen molar-refractivity contribution in [3.05, 3.63) is 12.7 Å². The predicted octanol–water partition coefficient (Wildman–Crippen LogP) is 3.75. The third kappa shape index (κ3) is 6.76. The number of carboxylic acids is 1. The van der Waals surface area contributed by atoms with Crippen LogP contribution in [-0.2, 0) is 4.79 Å². The van der Waals surface area contributed by atoms with Crippen LogP contribution in [0.15, 0.2) is 12.7 Å². The highest BCUT2D eigenvalue weighted by molar-refractivity contribution is 5.73. The molecule has 1 aliphatic carbocycles. The maximum atomic E-state index is 11.3. The summed E-state index contributed by atoms with van der Waals surface area (Å²) in [5, 5.41) is 12.6. The molecule has 0 bridgehead atoms. The molecule has 0 unspecified atom stereocenters. The van der Waals surface area contributed by atoms with E-state index in [2.05, 4.69) is 11.9 Å². The molecular formula is C16H29NO2. The van der Waals surface area contributed by atoms with Gasteiger partial charge in [0.2, 0.25) is 0 Å². The van der Waals surface area contributed by atoms with E-state index >= 15 is 0 Å². The first-order valence-electron chi connectivity index (χ1n) is 7.82. The van der Waals surface area contributed by atoms with Gasteiger partial charge in [0.05, 0.1) is 0 Å². The van der Waals surface area contributed by atoms with Crippen LogP contribution in [0, 0.1) is 5.92 Å². The Morgan fingerprint density at radius 3 is 2.53 bits per heavy atom. The zero-order valence-electron chi connectivity index (χ0n) is 12.1. The smallest absolute Gasteiger partial charge is 0.320 e. The maximum absolute atomic E-state index is 11.3. The van der Waals surface area contributed by atoms with Crippen LogP contribution in [0.2, 0.25) is 0 Å². The Bertz CT molecular complexity index is 259. The molecule has 1 aliphatic rings. The summed E-state index contributed by atoms with van der Waals surface area (Å²) < 4.78 is 0. The van der Waals surface area contributed by atoms with Crippen molar-refractivity contribution in [2.24, 2.45) is 5.92 Å². The number of hydrogen-bond donors (Lipinski definition) is 2. The van der Waals surface area contributed by atoms with Gasteiger partial charge in [-0.2, -0.15) is 0 Å². The van der Waals surface area contributed by atoms with Crippen LogP contribution < -0.4 is 5.32 Å². The van der Waals surface area contributed by atoms with E-state index in [0.29, 0.717) is 5.92 Å². The molecule has 19 heavy (non-hydrogen) atoms. The van der Waals surface area contributed by atoms with Crippen LogP contribution in [0.5, 0.6) is 0 Å². The monoisotopic (exact) mass is 267 g/mol. The minimum absolute atomic E-state index is 0.325. The molecule has 110 valence electrons. The molecule has 0 aromatic rings. The Hall–Kier alpha value is -0.830. The third-order valence-corrected chi connectivity index (χ3v) is 4.09. The van der Waals surface area contributed by atoms with Crippen molar-refractivity contribution >= 4 is 5.97 Å². The average Bonchev–Trinajstić information content (AvgIpc) is 2.42. The van der Waals surface area contributed by atoms with Crippen molar-refractivity contribution in [2.75, 3.05) is 6.54 Å². The quantitative estimate of drug-likeness (QED) is 0.468. The van der Waals surface area contributed by atoms with E-state index in [1.807, 2.05) is 6.08 Å². The van der Waals surface area contributed by atoms with Gasteiger partial charge < -0.3 is 10.4 Å². The Balaban J connectivity index is 2.15. The van der Waals surface area contributed by atoms with Gasteiger partial charge >= 0.3 is 5.97 Å². The number of carboxylic acid groups (broad SMARTS) is 1. The Morgan fingerprint density at radius 2 is 1.89 bits per heavy atom. The van der Waals surface area contributed by atoms with Gasteiger partial charge in [-0.25, -0.2) is 0 Å². The van der Waals surface area contributed by atoms with Crippen LogP contribution in [0.3, 0.4) is 0 Å². The summed E-state index contributed by atoms with van der Waals surface area (Å²) in [6.07, 6.45) is 13.5. The summed E-state index contributed by atoms with van der Waals surface area (Å²) in [6.45, 7) is 4.55. The Morgan fingerprint density at radius 1 is 1.21 bits per heavy atom. The standard InChI is InChI=1S/C16H29NO2/c1-2-3-4-5-6-10-13-17-15(16(18)19)14-11-8-7-9-12-14/h2,14-15,17H,1,3-13H2,(H,18,19)/t15-/m0/s1. The van der Waals surface area contributed by atoms with Crippen molar-refractivity contribution in [2.45, 2.75) is 70.3 Å². The summed E-state index contributed by atoms with van der Waals surface area (Å²) in [7, 11) is 0. The molecule has 1 fully saturated rings. The molecule has 1 atom stereocenters. The van der Waals surface area contributed by atoms with Gasteiger partial charge in [-0.15, -0.1) is 6.58 Å². The second-order valence-corrected chi connectivity index (χ2v) is 5.66. The van der Waals surface area contributed by atoms with E-state index in [4.69, 9.17) is 0 Å². The van der Waals surface area contributed by atoms with Crippen molar-refractivity contribution < 1.29 is 9.90 Å². The molecule has 1 rings (SSSR count). The summed E-state index contributed by atoms with van der Waals surface area (Å²) in [5.74, 6) is -0.328. The van der Waals surface area contributed by atoms with Gasteiger partial charge in [-0.1, -0.05) is 38.2 Å². The lowest BCUT2D eigenvalue weighted by Crippen LogP contribution is -2.44. The number of allylic oxidation sites excluding steroid dienone is 1. The van der Waals surface area contributed by atoms with Crippen molar-refractivity contribution in [1.82, 2.24) is 5.32 Å². The van der Waals surface area contributed by atoms with Crippen LogP contribution in [0.25, 0.3) is 0 Å². The van der Waals surface area contributed by atoms with Gasteiger partial charge in [0.1, 0.15) is 6.04 Å². The number of rotatable bonds is 10. The van der Waals surface area contributed by atoms with E-state index in [1.54, 1.807) is 0 Å². The Labute approximate surface area is 117 Å². The molecule has 0 amide bonds. The molecule has 3 heteroatoms. The van der Waals surface area contributed by atoms with Crippen LogP contribution in [-0.4, -0.2) is 23.7 Å². The van der Waals surface area contributed by atoms with Crippen LogP contribution in [0.4, 0.5) is 0 Å². The predicted molar refractivity (Wildman–Crippen MR) is 79.3 cm³/mol. The van der Waals surface area contributed by atoms with Crippen molar-refractivity contribution in [3.8, 4) is 0 Å². The molecular weight excluding hydrogens is 238 g/mol. The number of aliphatic carboxylic acids is 1. The largest absolute Gasteiger partial charge is 0.480 e. The molecule has 0 aliphatic heterocycles. The van der Waals surface area contributed by atoms with Gasteiger partial charge in [0, 0.05) is 0 Å². The lowest BCUT2D eigenvalue weighted by atomic mass is 9.84. The minimum Gasteiger partial charge on any atom is -0.480 e. The highest BCUT2D eigenvalue weighted by Gasteiger charge is 2.28. The normalized spacial score (nSPS) is 18.1. The lowest BCUT2D eigenvalue weighted by Gasteiger charge is -2.28. The van der Waals surface area contributed by atoms with E-state index < -0.39 is 5.97 Å². The number of nitrogens with one attached hydrogen (secondary N) is 1. The summed E-state index contributed by atoms with van der Waals surface area (Å²) in [5.41, 5.74) is 0. The molecule has 3 nitrogen and oxygen atoms in total. The summed E-state index contributed by atoms with van der Waals surface area (Å²) in [6, 6.07) is -0.325. The van der Waals surface area contributed by atoms with E-state index in [1.165, 1.54) is 38.5 Å². The Kier molecular flexibility index (Phi) is 8.55. The first kappa shape index (κ1) is 16.2. The third-order valence-electron chi connectivity index (χ3n) is 4.09. The molecule has 0 spiro atoms. The fourth-order valence-corrected chi connectivity index (χ4v) is 2.95. The molecule has 0 aromatic carbocycles. The second kappa shape index (κ2) is 10.0. The van der Waals surface area contributed by atoms with Gasteiger partial charge in [-0.3, -0.25) is 4.79 Å². The molecule has 0 saturated heterocycles. The van der Waals surface area contributed by atoms with Gasteiger partial charge in [-0.05, 0) is 44.6 Å². The highest BCUT2D eigenvalue weighted by atomic mass is 16.4. The first-order valence-corrected chi connectivity index (χ1v) is 7.82. The van der Waals surface area contributed by atoms with Crippen molar-refractivity contribution in [3.63, 3.8) is 0 Å². The van der Waals surface area contributed by atoms with Gasteiger partial charge in [0.25, 0.3) is 0 Å². The van der Waals surface area contributed by atoms with Crippen LogP contribution in [0.1, 0.15) is 64.2 Å².